The van der Waals surface area contributed by atoms with Crippen LogP contribution in [0.4, 0.5) is 28.8 Å². The van der Waals surface area contributed by atoms with Crippen LogP contribution in [0.5, 0.6) is 5.75 Å². The molecule has 0 saturated carbocycles. The summed E-state index contributed by atoms with van der Waals surface area (Å²) < 4.78 is 33.1. The molecule has 2 aromatic carbocycles. The first-order chi connectivity index (χ1) is 16.2. The number of aryl methyl sites for hydroxylation is 1. The maximum Gasteiger partial charge on any atom is 0.229 e. The van der Waals surface area contributed by atoms with E-state index in [0.29, 0.717) is 17.4 Å². The third-order valence-electron chi connectivity index (χ3n) is 4.70. The summed E-state index contributed by atoms with van der Waals surface area (Å²) in [5.41, 5.74) is 3.33. The van der Waals surface area contributed by atoms with E-state index in [2.05, 4.69) is 35.5 Å². The van der Waals surface area contributed by atoms with Crippen LogP contribution in [-0.2, 0) is 10.0 Å². The van der Waals surface area contributed by atoms with E-state index in [4.69, 9.17) is 16.3 Å². The Bertz CT molecular complexity index is 1430. The van der Waals surface area contributed by atoms with E-state index < -0.39 is 10.0 Å². The Hall–Kier alpha value is -3.90. The van der Waals surface area contributed by atoms with Gasteiger partial charge in [-0.05, 0) is 36.8 Å². The quantitative estimate of drug-likeness (QED) is 0.329. The molecule has 13 heteroatoms. The molecule has 0 fully saturated rings. The minimum Gasteiger partial charge on any atom is -0.497 e. The first-order valence-electron chi connectivity index (χ1n) is 9.90. The van der Waals surface area contributed by atoms with E-state index >= 15 is 0 Å². The summed E-state index contributed by atoms with van der Waals surface area (Å²) >= 11 is 6.32. The van der Waals surface area contributed by atoms with Crippen LogP contribution >= 0.6 is 11.6 Å². The molecule has 34 heavy (non-hydrogen) atoms. The molecule has 0 radical (unpaired) electrons. The van der Waals surface area contributed by atoms with Gasteiger partial charge in [0.25, 0.3) is 0 Å². The van der Waals surface area contributed by atoms with Crippen molar-refractivity contribution in [3.63, 3.8) is 0 Å². The second-order valence-corrected chi connectivity index (χ2v) is 9.45. The lowest BCUT2D eigenvalue weighted by Gasteiger charge is -2.16. The van der Waals surface area contributed by atoms with Crippen LogP contribution < -0.4 is 20.1 Å². The predicted molar refractivity (Wildman–Crippen MR) is 131 cm³/mol. The number of aromatic nitrogens is 5. The fraction of sp³-hybridized carbons (Fsp3) is 0.143. The third kappa shape index (κ3) is 5.53. The minimum atomic E-state index is -3.54. The van der Waals surface area contributed by atoms with Gasteiger partial charge in [-0.15, -0.1) is 10.2 Å². The van der Waals surface area contributed by atoms with Crippen molar-refractivity contribution in [2.24, 2.45) is 0 Å². The van der Waals surface area contributed by atoms with Crippen LogP contribution in [-0.4, -0.2) is 46.5 Å². The molecule has 0 unspecified atom stereocenters. The Labute approximate surface area is 201 Å². The van der Waals surface area contributed by atoms with Gasteiger partial charge in [0.2, 0.25) is 16.0 Å². The molecule has 0 atom stereocenters. The highest BCUT2D eigenvalue weighted by Crippen LogP contribution is 2.33. The molecule has 0 aliphatic rings. The zero-order valence-electron chi connectivity index (χ0n) is 18.4. The van der Waals surface area contributed by atoms with E-state index in [1.807, 2.05) is 25.1 Å². The summed E-state index contributed by atoms with van der Waals surface area (Å²) in [5.74, 6) is 1.06. The molecule has 0 spiro atoms. The van der Waals surface area contributed by atoms with Crippen molar-refractivity contribution in [3.05, 3.63) is 65.8 Å². The number of hydrogen-bond donors (Lipinski definition) is 3. The van der Waals surface area contributed by atoms with Gasteiger partial charge >= 0.3 is 0 Å². The molecule has 0 saturated heterocycles. The Morgan fingerprint density at radius 1 is 1.00 bits per heavy atom. The zero-order chi connectivity index (χ0) is 24.3. The monoisotopic (exact) mass is 500 g/mol. The average Bonchev–Trinajstić information content (AvgIpc) is 3.32. The Morgan fingerprint density at radius 2 is 1.76 bits per heavy atom. The topological polar surface area (TPSA) is 136 Å². The summed E-state index contributed by atoms with van der Waals surface area (Å²) in [5, 5.41) is 14.2. The molecule has 11 nitrogen and oxygen atoms in total. The molecule has 2 aromatic heterocycles. The standard InChI is InChI=1S/C21H21ClN8O3S/c1-13-4-5-14(30-11-24-25-12-30)8-18(13)27-21-23-10-16(22)20(28-21)26-17-7-6-15(33-2)9-19(17)29-34(3,31)32/h4-12,29H,1-3H3,(H2,23,26,27,28). The number of anilines is 5. The number of ether oxygens (including phenoxy) is 1. The van der Waals surface area contributed by atoms with Gasteiger partial charge in [-0.3, -0.25) is 9.29 Å². The van der Waals surface area contributed by atoms with E-state index in [0.717, 1.165) is 23.2 Å². The predicted octanol–water partition coefficient (Wildman–Crippen LogP) is 3.89. The van der Waals surface area contributed by atoms with Crippen LogP contribution in [0.3, 0.4) is 0 Å². The lowest BCUT2D eigenvalue weighted by molar-refractivity contribution is 0.415. The number of hydrogen-bond acceptors (Lipinski definition) is 9. The van der Waals surface area contributed by atoms with Crippen molar-refractivity contribution in [1.29, 1.82) is 0 Å². The van der Waals surface area contributed by atoms with E-state index in [9.17, 15) is 8.42 Å². The summed E-state index contributed by atoms with van der Waals surface area (Å²) in [7, 11) is -2.05. The first kappa shape index (κ1) is 23.3. The molecule has 176 valence electrons. The van der Waals surface area contributed by atoms with Crippen LogP contribution in [0.1, 0.15) is 5.56 Å². The van der Waals surface area contributed by atoms with Crippen LogP contribution in [0.25, 0.3) is 5.69 Å². The average molecular weight is 501 g/mol. The highest BCUT2D eigenvalue weighted by molar-refractivity contribution is 7.92. The van der Waals surface area contributed by atoms with E-state index in [-0.39, 0.29) is 16.5 Å². The zero-order valence-corrected chi connectivity index (χ0v) is 20.0. The second-order valence-electron chi connectivity index (χ2n) is 7.29. The normalized spacial score (nSPS) is 11.2. The molecule has 4 rings (SSSR count). The lowest BCUT2D eigenvalue weighted by atomic mass is 10.2. The third-order valence-corrected chi connectivity index (χ3v) is 5.57. The van der Waals surface area contributed by atoms with E-state index in [1.54, 1.807) is 35.4 Å². The van der Waals surface area contributed by atoms with Crippen LogP contribution in [0.2, 0.25) is 5.02 Å². The van der Waals surface area contributed by atoms with Gasteiger partial charge in [-0.25, -0.2) is 13.4 Å². The van der Waals surface area contributed by atoms with Crippen molar-refractivity contribution in [2.75, 3.05) is 28.7 Å². The maximum absolute atomic E-state index is 11.8. The molecule has 0 aliphatic heterocycles. The molecular formula is C21H21ClN8O3S. The Kier molecular flexibility index (Phi) is 6.52. The summed E-state index contributed by atoms with van der Waals surface area (Å²) in [6, 6.07) is 10.7. The maximum atomic E-state index is 11.8. The van der Waals surface area contributed by atoms with Crippen LogP contribution in [0, 0.1) is 6.92 Å². The largest absolute Gasteiger partial charge is 0.497 e. The lowest BCUT2D eigenvalue weighted by Crippen LogP contribution is -2.11. The number of nitrogens with zero attached hydrogens (tertiary/aromatic N) is 5. The number of nitrogens with one attached hydrogen (secondary N) is 3. The number of benzene rings is 2. The van der Waals surface area contributed by atoms with Crippen molar-refractivity contribution in [3.8, 4) is 11.4 Å². The van der Waals surface area contributed by atoms with Crippen molar-refractivity contribution >= 4 is 50.5 Å². The highest BCUT2D eigenvalue weighted by atomic mass is 35.5. The SMILES string of the molecule is COc1ccc(Nc2nc(Nc3cc(-n4cnnc4)ccc3C)ncc2Cl)c(NS(C)(=O)=O)c1. The summed E-state index contributed by atoms with van der Waals surface area (Å²) in [6.45, 7) is 1.95. The number of sulfonamides is 1. The Morgan fingerprint density at radius 3 is 2.47 bits per heavy atom. The van der Waals surface area contributed by atoms with Gasteiger partial charge in [0.15, 0.2) is 5.82 Å². The highest BCUT2D eigenvalue weighted by Gasteiger charge is 2.13. The summed E-state index contributed by atoms with van der Waals surface area (Å²) in [6.07, 6.45) is 5.72. The molecule has 2 heterocycles. The van der Waals surface area contributed by atoms with Gasteiger partial charge in [0.05, 0.1) is 36.6 Å². The molecule has 4 aromatic rings. The van der Waals surface area contributed by atoms with Crippen molar-refractivity contribution < 1.29 is 13.2 Å². The molecule has 0 amide bonds. The van der Waals surface area contributed by atoms with Gasteiger partial charge < -0.3 is 15.4 Å². The Balaban J connectivity index is 1.64. The molecule has 0 aliphatic carbocycles. The molecule has 0 bridgehead atoms. The van der Waals surface area contributed by atoms with Crippen molar-refractivity contribution in [2.45, 2.75) is 6.92 Å². The fourth-order valence-electron chi connectivity index (χ4n) is 3.05. The first-order valence-corrected chi connectivity index (χ1v) is 12.2. The molecule has 3 N–H and O–H groups in total. The van der Waals surface area contributed by atoms with Crippen LogP contribution in [0.15, 0.2) is 55.2 Å². The van der Waals surface area contributed by atoms with Gasteiger partial charge in [-0.2, -0.15) is 4.98 Å². The molecular weight excluding hydrogens is 480 g/mol. The second kappa shape index (κ2) is 9.53. The van der Waals surface area contributed by atoms with Gasteiger partial charge in [-0.1, -0.05) is 17.7 Å². The van der Waals surface area contributed by atoms with Gasteiger partial charge in [0.1, 0.15) is 23.4 Å². The summed E-state index contributed by atoms with van der Waals surface area (Å²) in [4.78, 5) is 8.73. The number of rotatable bonds is 8. The van der Waals surface area contributed by atoms with Crippen molar-refractivity contribution in [1.82, 2.24) is 24.7 Å². The fourth-order valence-corrected chi connectivity index (χ4v) is 3.75. The number of methoxy groups -OCH3 is 1. The number of halogens is 1. The minimum absolute atomic E-state index is 0.252. The van der Waals surface area contributed by atoms with E-state index in [1.165, 1.54) is 13.3 Å². The smallest absolute Gasteiger partial charge is 0.229 e. The van der Waals surface area contributed by atoms with Gasteiger partial charge in [0, 0.05) is 11.8 Å².